The van der Waals surface area contributed by atoms with Crippen molar-refractivity contribution in [3.05, 3.63) is 25.6 Å². The third-order valence-electron chi connectivity index (χ3n) is 1.69. The van der Waals surface area contributed by atoms with Crippen LogP contribution >= 0.6 is 0 Å². The molecule has 0 atom stereocenters. The fourth-order valence-corrected chi connectivity index (χ4v) is 0.968. The van der Waals surface area contributed by atoms with Gasteiger partial charge in [-0.25, -0.2) is 9.78 Å². The average molecular weight is 180 g/mol. The second-order valence-electron chi connectivity index (χ2n) is 2.76. The molecular weight excluding hydrogens is 166 g/mol. The van der Waals surface area contributed by atoms with E-state index in [4.69, 9.17) is 0 Å². The lowest BCUT2D eigenvalue weighted by Gasteiger charge is -2.03. The quantitative estimate of drug-likeness (QED) is 0.713. The summed E-state index contributed by atoms with van der Waals surface area (Å²) >= 11 is 0. The Kier molecular flexibility index (Phi) is 4.02. The van der Waals surface area contributed by atoms with Gasteiger partial charge in [0.2, 0.25) is 0 Å². The molecule has 4 heteroatoms. The van der Waals surface area contributed by atoms with Crippen LogP contribution in [0, 0.1) is 6.92 Å². The molecule has 0 unspecified atom stereocenters. The van der Waals surface area contributed by atoms with Crippen LogP contribution in [0.3, 0.4) is 0 Å². The number of nitrogens with zero attached hydrogens (tertiary/aromatic N) is 2. The maximum atomic E-state index is 11.3. The SMILES string of the molecule is [CH2]CCCCNC(=O)n1ccnc1. The minimum absolute atomic E-state index is 0.124. The molecule has 0 saturated carbocycles. The lowest BCUT2D eigenvalue weighted by Crippen LogP contribution is -2.28. The molecule has 1 aromatic heterocycles. The van der Waals surface area contributed by atoms with Crippen molar-refractivity contribution in [2.75, 3.05) is 6.54 Å². The Morgan fingerprint density at radius 1 is 1.54 bits per heavy atom. The van der Waals surface area contributed by atoms with E-state index in [0.717, 1.165) is 19.3 Å². The van der Waals surface area contributed by atoms with Crippen LogP contribution in [0.5, 0.6) is 0 Å². The standard InChI is InChI=1S/C9H14N3O/c1-2-3-4-5-11-9(13)12-7-6-10-8-12/h6-8H,1-5H2,(H,11,13). The second kappa shape index (κ2) is 5.35. The van der Waals surface area contributed by atoms with Crippen molar-refractivity contribution in [1.82, 2.24) is 14.9 Å². The number of nitrogens with one attached hydrogen (secondary N) is 1. The molecule has 1 amide bonds. The predicted octanol–water partition coefficient (Wildman–Crippen LogP) is 1.45. The molecule has 1 rings (SSSR count). The summed E-state index contributed by atoms with van der Waals surface area (Å²) in [5.41, 5.74) is 0. The van der Waals surface area contributed by atoms with Crippen LogP contribution in [-0.4, -0.2) is 22.1 Å². The number of aromatic nitrogens is 2. The number of carbonyl (C=O) groups is 1. The molecule has 1 radical (unpaired) electrons. The fourth-order valence-electron chi connectivity index (χ4n) is 0.968. The summed E-state index contributed by atoms with van der Waals surface area (Å²) < 4.78 is 1.42. The van der Waals surface area contributed by atoms with Crippen LogP contribution in [0.1, 0.15) is 19.3 Å². The van der Waals surface area contributed by atoms with Crippen molar-refractivity contribution in [2.24, 2.45) is 0 Å². The third-order valence-corrected chi connectivity index (χ3v) is 1.69. The Labute approximate surface area is 78.0 Å². The van der Waals surface area contributed by atoms with Gasteiger partial charge in [0.15, 0.2) is 0 Å². The molecule has 0 aliphatic rings. The molecule has 4 nitrogen and oxygen atoms in total. The summed E-state index contributed by atoms with van der Waals surface area (Å²) in [6.07, 6.45) is 7.62. The normalized spacial score (nSPS) is 9.92. The summed E-state index contributed by atoms with van der Waals surface area (Å²) in [6, 6.07) is -0.124. The molecule has 1 heterocycles. The lowest BCUT2D eigenvalue weighted by atomic mass is 10.2. The van der Waals surface area contributed by atoms with E-state index in [-0.39, 0.29) is 6.03 Å². The van der Waals surface area contributed by atoms with E-state index in [0.29, 0.717) is 6.54 Å². The molecule has 13 heavy (non-hydrogen) atoms. The van der Waals surface area contributed by atoms with Crippen LogP contribution in [0.4, 0.5) is 4.79 Å². The zero-order chi connectivity index (χ0) is 9.52. The molecule has 0 bridgehead atoms. The molecule has 0 aliphatic carbocycles. The van der Waals surface area contributed by atoms with E-state index < -0.39 is 0 Å². The summed E-state index contributed by atoms with van der Waals surface area (Å²) in [7, 11) is 0. The number of carbonyl (C=O) groups excluding carboxylic acids is 1. The Bertz CT molecular complexity index is 243. The highest BCUT2D eigenvalue weighted by Crippen LogP contribution is 1.91. The predicted molar refractivity (Wildman–Crippen MR) is 50.2 cm³/mol. The number of imidazole rings is 1. The van der Waals surface area contributed by atoms with E-state index in [1.54, 1.807) is 12.4 Å². The van der Waals surface area contributed by atoms with Crippen molar-refractivity contribution < 1.29 is 4.79 Å². The van der Waals surface area contributed by atoms with E-state index in [9.17, 15) is 4.79 Å². The van der Waals surface area contributed by atoms with Crippen LogP contribution in [-0.2, 0) is 0 Å². The van der Waals surface area contributed by atoms with Crippen LogP contribution in [0.15, 0.2) is 18.7 Å². The molecule has 71 valence electrons. The van der Waals surface area contributed by atoms with Crippen molar-refractivity contribution in [2.45, 2.75) is 19.3 Å². The number of unbranched alkanes of at least 4 members (excludes halogenated alkanes) is 2. The first kappa shape index (κ1) is 9.77. The molecule has 0 saturated heterocycles. The highest BCUT2D eigenvalue weighted by atomic mass is 16.2. The van der Waals surface area contributed by atoms with Crippen molar-refractivity contribution in [1.29, 1.82) is 0 Å². The minimum Gasteiger partial charge on any atom is -0.337 e. The number of hydrogen-bond donors (Lipinski definition) is 1. The molecule has 0 fully saturated rings. The van der Waals surface area contributed by atoms with Gasteiger partial charge in [-0.1, -0.05) is 19.8 Å². The Balaban J connectivity index is 2.19. The zero-order valence-corrected chi connectivity index (χ0v) is 7.57. The van der Waals surface area contributed by atoms with Crippen molar-refractivity contribution in [3.63, 3.8) is 0 Å². The molecule has 1 aromatic rings. The number of amides is 1. The van der Waals surface area contributed by atoms with Gasteiger partial charge in [-0.05, 0) is 6.42 Å². The Morgan fingerprint density at radius 3 is 3.00 bits per heavy atom. The van der Waals surface area contributed by atoms with E-state index in [1.807, 2.05) is 0 Å². The molecule has 1 N–H and O–H groups in total. The maximum absolute atomic E-state index is 11.3. The lowest BCUT2D eigenvalue weighted by molar-refractivity contribution is 0.242. The van der Waals surface area contributed by atoms with E-state index >= 15 is 0 Å². The largest absolute Gasteiger partial charge is 0.337 e. The number of hydrogen-bond acceptors (Lipinski definition) is 2. The summed E-state index contributed by atoms with van der Waals surface area (Å²) in [4.78, 5) is 15.0. The van der Waals surface area contributed by atoms with E-state index in [2.05, 4.69) is 17.2 Å². The first-order valence-electron chi connectivity index (χ1n) is 4.40. The van der Waals surface area contributed by atoms with Gasteiger partial charge in [-0.15, -0.1) is 0 Å². The van der Waals surface area contributed by atoms with Gasteiger partial charge in [0.1, 0.15) is 6.33 Å². The van der Waals surface area contributed by atoms with Crippen LogP contribution in [0.2, 0.25) is 0 Å². The average Bonchev–Trinajstić information content (AvgIpc) is 2.65. The maximum Gasteiger partial charge on any atom is 0.326 e. The second-order valence-corrected chi connectivity index (χ2v) is 2.76. The topological polar surface area (TPSA) is 46.9 Å². The monoisotopic (exact) mass is 180 g/mol. The van der Waals surface area contributed by atoms with Gasteiger partial charge in [-0.3, -0.25) is 4.57 Å². The number of rotatable bonds is 4. The highest BCUT2D eigenvalue weighted by molar-refractivity contribution is 5.76. The molecule has 0 spiro atoms. The fraction of sp³-hybridized carbons (Fsp3) is 0.444. The van der Waals surface area contributed by atoms with Gasteiger partial charge in [-0.2, -0.15) is 0 Å². The summed E-state index contributed by atoms with van der Waals surface area (Å²) in [5.74, 6) is 0. The smallest absolute Gasteiger partial charge is 0.326 e. The molecular formula is C9H14N3O. The van der Waals surface area contributed by atoms with Gasteiger partial charge in [0, 0.05) is 18.9 Å². The Morgan fingerprint density at radius 2 is 2.38 bits per heavy atom. The van der Waals surface area contributed by atoms with Gasteiger partial charge >= 0.3 is 6.03 Å². The Hall–Kier alpha value is -1.32. The summed E-state index contributed by atoms with van der Waals surface area (Å²) in [6.45, 7) is 4.43. The first-order chi connectivity index (χ1) is 6.34. The van der Waals surface area contributed by atoms with Crippen molar-refractivity contribution >= 4 is 6.03 Å². The van der Waals surface area contributed by atoms with Crippen LogP contribution in [0.25, 0.3) is 0 Å². The van der Waals surface area contributed by atoms with Gasteiger partial charge < -0.3 is 5.32 Å². The summed E-state index contributed by atoms with van der Waals surface area (Å²) in [5, 5.41) is 2.78. The first-order valence-corrected chi connectivity index (χ1v) is 4.40. The minimum atomic E-state index is -0.124. The zero-order valence-electron chi connectivity index (χ0n) is 7.57. The van der Waals surface area contributed by atoms with Gasteiger partial charge in [0.05, 0.1) is 0 Å². The highest BCUT2D eigenvalue weighted by Gasteiger charge is 2.00. The molecule has 0 aromatic carbocycles. The molecule has 0 aliphatic heterocycles. The van der Waals surface area contributed by atoms with Gasteiger partial charge in [0.25, 0.3) is 0 Å². The van der Waals surface area contributed by atoms with Crippen molar-refractivity contribution in [3.8, 4) is 0 Å². The van der Waals surface area contributed by atoms with Crippen LogP contribution < -0.4 is 5.32 Å². The third kappa shape index (κ3) is 3.27. The van der Waals surface area contributed by atoms with E-state index in [1.165, 1.54) is 10.9 Å².